The molecule has 0 radical (unpaired) electrons. The summed E-state index contributed by atoms with van der Waals surface area (Å²) in [6, 6.07) is 16.8. The second-order valence-corrected chi connectivity index (χ2v) is 4.87. The van der Waals surface area contributed by atoms with Gasteiger partial charge in [0.05, 0.1) is 6.04 Å². The fraction of sp³-hybridized carbons (Fsp3) is 0.235. The number of carbonyl (C=O) groups excluding carboxylic acids is 1. The number of aryl methyl sites for hydroxylation is 1. The highest BCUT2D eigenvalue weighted by atomic mass is 16.3. The Morgan fingerprint density at radius 3 is 2.40 bits per heavy atom. The number of carbonyl (C=O) groups is 1. The first-order chi connectivity index (χ1) is 9.65. The molecule has 1 atom stereocenters. The summed E-state index contributed by atoms with van der Waals surface area (Å²) in [6.07, 6.45) is 1.22. The number of nitrogens with one attached hydrogen (secondary N) is 1. The lowest BCUT2D eigenvalue weighted by Crippen LogP contribution is -2.26. The van der Waals surface area contributed by atoms with Crippen molar-refractivity contribution in [3.05, 3.63) is 65.7 Å². The molecule has 0 aliphatic rings. The van der Waals surface area contributed by atoms with Crippen LogP contribution < -0.4 is 5.32 Å². The van der Waals surface area contributed by atoms with Gasteiger partial charge in [0, 0.05) is 6.42 Å². The number of phenolic OH excluding ortho intramolecular Hbond substituents is 1. The van der Waals surface area contributed by atoms with Crippen LogP contribution in [0.5, 0.6) is 5.75 Å². The first-order valence-electron chi connectivity index (χ1n) is 6.77. The van der Waals surface area contributed by atoms with Crippen LogP contribution in [0.2, 0.25) is 0 Å². The fourth-order valence-corrected chi connectivity index (χ4v) is 2.06. The maximum absolute atomic E-state index is 11.9. The minimum absolute atomic E-state index is 0.0365. The zero-order valence-corrected chi connectivity index (χ0v) is 11.5. The lowest BCUT2D eigenvalue weighted by molar-refractivity contribution is -0.121. The molecule has 0 saturated carbocycles. The molecule has 2 aromatic carbocycles. The molecule has 20 heavy (non-hydrogen) atoms. The summed E-state index contributed by atoms with van der Waals surface area (Å²) < 4.78 is 0. The molecule has 0 bridgehead atoms. The maximum atomic E-state index is 11.9. The van der Waals surface area contributed by atoms with E-state index in [2.05, 4.69) is 5.32 Å². The van der Waals surface area contributed by atoms with Gasteiger partial charge in [0.2, 0.25) is 5.91 Å². The summed E-state index contributed by atoms with van der Waals surface area (Å²) in [5.74, 6) is 0.269. The number of hydrogen-bond donors (Lipinski definition) is 2. The molecule has 0 saturated heterocycles. The standard InChI is InChI=1S/C17H19NO2/c1-13(15-8-10-16(19)11-9-15)18-17(20)12-7-14-5-3-2-4-6-14/h2-6,8-11,13,19H,7,12H2,1H3,(H,18,20)/t13-/m0/s1. The summed E-state index contributed by atoms with van der Waals surface area (Å²) in [5.41, 5.74) is 2.15. The quantitative estimate of drug-likeness (QED) is 0.875. The molecule has 2 aromatic rings. The Labute approximate surface area is 119 Å². The summed E-state index contributed by atoms with van der Waals surface area (Å²) in [5, 5.41) is 12.2. The molecule has 2 N–H and O–H groups in total. The van der Waals surface area contributed by atoms with E-state index in [0.29, 0.717) is 6.42 Å². The van der Waals surface area contributed by atoms with Crippen LogP contribution in [0.1, 0.15) is 30.5 Å². The molecular formula is C17H19NO2. The first kappa shape index (κ1) is 14.1. The molecule has 0 unspecified atom stereocenters. The van der Waals surface area contributed by atoms with Crippen LogP contribution in [0.25, 0.3) is 0 Å². The second-order valence-electron chi connectivity index (χ2n) is 4.87. The van der Waals surface area contributed by atoms with E-state index < -0.39 is 0 Å². The van der Waals surface area contributed by atoms with Crippen molar-refractivity contribution >= 4 is 5.91 Å². The van der Waals surface area contributed by atoms with Gasteiger partial charge in [-0.1, -0.05) is 42.5 Å². The second kappa shape index (κ2) is 6.75. The van der Waals surface area contributed by atoms with Crippen LogP contribution in [-0.2, 0) is 11.2 Å². The van der Waals surface area contributed by atoms with Crippen molar-refractivity contribution in [1.29, 1.82) is 0 Å². The van der Waals surface area contributed by atoms with Crippen molar-refractivity contribution in [1.82, 2.24) is 5.32 Å². The third-order valence-electron chi connectivity index (χ3n) is 3.25. The first-order valence-corrected chi connectivity index (χ1v) is 6.77. The van der Waals surface area contributed by atoms with Crippen LogP contribution in [0.15, 0.2) is 54.6 Å². The largest absolute Gasteiger partial charge is 0.508 e. The SMILES string of the molecule is C[C@H](NC(=O)CCc1ccccc1)c1ccc(O)cc1. The van der Waals surface area contributed by atoms with Crippen LogP contribution in [-0.4, -0.2) is 11.0 Å². The number of rotatable bonds is 5. The lowest BCUT2D eigenvalue weighted by Gasteiger charge is -2.14. The third-order valence-corrected chi connectivity index (χ3v) is 3.25. The van der Waals surface area contributed by atoms with E-state index in [4.69, 9.17) is 0 Å². The van der Waals surface area contributed by atoms with Crippen LogP contribution in [0.4, 0.5) is 0 Å². The molecule has 0 aliphatic heterocycles. The van der Waals surface area contributed by atoms with Crippen molar-refractivity contribution in [3.8, 4) is 5.75 Å². The fourth-order valence-electron chi connectivity index (χ4n) is 2.06. The monoisotopic (exact) mass is 269 g/mol. The average Bonchev–Trinajstić information content (AvgIpc) is 2.47. The highest BCUT2D eigenvalue weighted by molar-refractivity contribution is 5.76. The van der Waals surface area contributed by atoms with Crippen molar-refractivity contribution in [2.45, 2.75) is 25.8 Å². The van der Waals surface area contributed by atoms with Gasteiger partial charge in [0.25, 0.3) is 0 Å². The van der Waals surface area contributed by atoms with Gasteiger partial charge < -0.3 is 10.4 Å². The summed E-state index contributed by atoms with van der Waals surface area (Å²) in [6.45, 7) is 1.94. The molecule has 0 spiro atoms. The average molecular weight is 269 g/mol. The topological polar surface area (TPSA) is 49.3 Å². The van der Waals surface area contributed by atoms with Gasteiger partial charge in [-0.25, -0.2) is 0 Å². The Hall–Kier alpha value is -2.29. The molecule has 0 heterocycles. The van der Waals surface area contributed by atoms with E-state index in [1.165, 1.54) is 5.56 Å². The number of aromatic hydroxyl groups is 1. The molecule has 104 valence electrons. The summed E-state index contributed by atoms with van der Waals surface area (Å²) >= 11 is 0. The van der Waals surface area contributed by atoms with Crippen molar-refractivity contribution < 1.29 is 9.90 Å². The predicted molar refractivity (Wildman–Crippen MR) is 79.4 cm³/mol. The van der Waals surface area contributed by atoms with E-state index in [9.17, 15) is 9.90 Å². The lowest BCUT2D eigenvalue weighted by atomic mass is 10.1. The molecule has 3 nitrogen and oxygen atoms in total. The molecule has 3 heteroatoms. The molecule has 0 aromatic heterocycles. The highest BCUT2D eigenvalue weighted by Crippen LogP contribution is 2.16. The van der Waals surface area contributed by atoms with Gasteiger partial charge in [-0.3, -0.25) is 4.79 Å². The Bertz CT molecular complexity index is 549. The molecule has 0 aliphatic carbocycles. The molecule has 0 fully saturated rings. The van der Waals surface area contributed by atoms with E-state index in [1.54, 1.807) is 12.1 Å². The number of amides is 1. The van der Waals surface area contributed by atoms with E-state index >= 15 is 0 Å². The van der Waals surface area contributed by atoms with E-state index in [1.807, 2.05) is 49.4 Å². The van der Waals surface area contributed by atoms with E-state index in [-0.39, 0.29) is 17.7 Å². The van der Waals surface area contributed by atoms with Gasteiger partial charge in [0.15, 0.2) is 0 Å². The molecule has 2 rings (SSSR count). The number of benzene rings is 2. The smallest absolute Gasteiger partial charge is 0.220 e. The minimum atomic E-state index is -0.0566. The van der Waals surface area contributed by atoms with Gasteiger partial charge >= 0.3 is 0 Å². The van der Waals surface area contributed by atoms with Gasteiger partial charge in [-0.05, 0) is 36.6 Å². The number of hydrogen-bond acceptors (Lipinski definition) is 2. The number of phenols is 1. The minimum Gasteiger partial charge on any atom is -0.508 e. The Morgan fingerprint density at radius 2 is 1.75 bits per heavy atom. The van der Waals surface area contributed by atoms with Gasteiger partial charge in [-0.15, -0.1) is 0 Å². The predicted octanol–water partition coefficient (Wildman–Crippen LogP) is 3.20. The maximum Gasteiger partial charge on any atom is 0.220 e. The van der Waals surface area contributed by atoms with Crippen LogP contribution in [0, 0.1) is 0 Å². The zero-order valence-electron chi connectivity index (χ0n) is 11.5. The van der Waals surface area contributed by atoms with Crippen molar-refractivity contribution in [2.75, 3.05) is 0 Å². The molecule has 1 amide bonds. The Morgan fingerprint density at radius 1 is 1.10 bits per heavy atom. The van der Waals surface area contributed by atoms with Crippen LogP contribution >= 0.6 is 0 Å². The normalized spacial score (nSPS) is 11.8. The van der Waals surface area contributed by atoms with Crippen LogP contribution in [0.3, 0.4) is 0 Å². The summed E-state index contributed by atoms with van der Waals surface area (Å²) in [7, 11) is 0. The zero-order chi connectivity index (χ0) is 14.4. The third kappa shape index (κ3) is 4.12. The van der Waals surface area contributed by atoms with Crippen molar-refractivity contribution in [3.63, 3.8) is 0 Å². The Balaban J connectivity index is 1.83. The summed E-state index contributed by atoms with van der Waals surface area (Å²) in [4.78, 5) is 11.9. The van der Waals surface area contributed by atoms with Crippen molar-refractivity contribution in [2.24, 2.45) is 0 Å². The molecular weight excluding hydrogens is 250 g/mol. The van der Waals surface area contributed by atoms with E-state index in [0.717, 1.165) is 12.0 Å². The highest BCUT2D eigenvalue weighted by Gasteiger charge is 2.09. The van der Waals surface area contributed by atoms with Gasteiger partial charge in [0.1, 0.15) is 5.75 Å². The Kier molecular flexibility index (Phi) is 4.77. The van der Waals surface area contributed by atoms with Gasteiger partial charge in [-0.2, -0.15) is 0 Å².